The number of benzene rings is 1. The Bertz CT molecular complexity index is 775. The summed E-state index contributed by atoms with van der Waals surface area (Å²) in [6, 6.07) is 4.33. The van der Waals surface area contributed by atoms with Gasteiger partial charge in [0.2, 0.25) is 5.91 Å². The van der Waals surface area contributed by atoms with Gasteiger partial charge in [0.25, 0.3) is 0 Å². The number of aliphatic hydroxyl groups is 1. The average Bonchev–Trinajstić information content (AvgIpc) is 3.46. The zero-order chi connectivity index (χ0) is 20.1. The summed E-state index contributed by atoms with van der Waals surface area (Å²) in [7, 11) is 0. The van der Waals surface area contributed by atoms with E-state index in [4.69, 9.17) is 6.42 Å². The van der Waals surface area contributed by atoms with E-state index in [0.29, 0.717) is 51.6 Å². The number of piperidine rings is 1. The van der Waals surface area contributed by atoms with E-state index in [-0.39, 0.29) is 23.9 Å². The van der Waals surface area contributed by atoms with Crippen LogP contribution in [0.25, 0.3) is 0 Å². The van der Waals surface area contributed by atoms with Crippen LogP contribution in [0.5, 0.6) is 0 Å². The standard InChI is InChI=1S/C21H27FN4O2/c1-3-4-10-21(24-25-21)11-7-20(28)23-15(2)18-14-16(22)5-6-19(18)26-12-8-17(27)9-13-26/h1,5-6,14-15,17,27H,4,7-13H2,2H3,(H,23,28). The minimum atomic E-state index is -0.481. The first-order valence-electron chi connectivity index (χ1n) is 9.82. The number of amides is 1. The molecule has 0 aliphatic carbocycles. The van der Waals surface area contributed by atoms with Gasteiger partial charge in [0.1, 0.15) is 5.82 Å². The molecule has 6 nitrogen and oxygen atoms in total. The number of rotatable bonds is 8. The molecule has 7 heteroatoms. The molecule has 0 saturated carbocycles. The van der Waals surface area contributed by atoms with Crippen molar-refractivity contribution in [2.24, 2.45) is 10.2 Å². The van der Waals surface area contributed by atoms with Gasteiger partial charge in [-0.15, -0.1) is 12.3 Å². The summed E-state index contributed by atoms with van der Waals surface area (Å²) in [5.74, 6) is 2.12. The van der Waals surface area contributed by atoms with Crippen LogP contribution < -0.4 is 10.2 Å². The van der Waals surface area contributed by atoms with E-state index < -0.39 is 5.66 Å². The van der Waals surface area contributed by atoms with Crippen molar-refractivity contribution >= 4 is 11.6 Å². The monoisotopic (exact) mass is 386 g/mol. The molecule has 2 aliphatic heterocycles. The molecule has 1 saturated heterocycles. The maximum atomic E-state index is 13.9. The SMILES string of the molecule is C#CCCC1(CCC(=O)NC(C)c2cc(F)ccc2N2CCC(O)CC2)N=N1. The van der Waals surface area contributed by atoms with Crippen LogP contribution in [-0.2, 0) is 4.79 Å². The van der Waals surface area contributed by atoms with E-state index in [2.05, 4.69) is 26.4 Å². The molecule has 2 N–H and O–H groups in total. The van der Waals surface area contributed by atoms with Crippen molar-refractivity contribution in [1.82, 2.24) is 5.32 Å². The molecule has 1 amide bonds. The fraction of sp³-hybridized carbons (Fsp3) is 0.571. The molecular formula is C21H27FN4O2. The van der Waals surface area contributed by atoms with Crippen LogP contribution in [0, 0.1) is 18.2 Å². The van der Waals surface area contributed by atoms with Gasteiger partial charge in [-0.25, -0.2) is 4.39 Å². The Morgan fingerprint density at radius 2 is 2.14 bits per heavy atom. The second-order valence-corrected chi connectivity index (χ2v) is 7.60. The number of hydrogen-bond acceptors (Lipinski definition) is 5. The first-order chi connectivity index (χ1) is 13.4. The summed E-state index contributed by atoms with van der Waals surface area (Å²) in [4.78, 5) is 14.6. The molecule has 1 atom stereocenters. The number of hydrogen-bond donors (Lipinski definition) is 2. The van der Waals surface area contributed by atoms with E-state index >= 15 is 0 Å². The van der Waals surface area contributed by atoms with E-state index in [0.717, 1.165) is 11.3 Å². The highest BCUT2D eigenvalue weighted by Crippen LogP contribution is 2.37. The lowest BCUT2D eigenvalue weighted by Crippen LogP contribution is -2.37. The maximum absolute atomic E-state index is 13.9. The minimum absolute atomic E-state index is 0.117. The van der Waals surface area contributed by atoms with Crippen LogP contribution in [0.15, 0.2) is 28.4 Å². The van der Waals surface area contributed by atoms with Crippen LogP contribution in [0.3, 0.4) is 0 Å². The third-order valence-electron chi connectivity index (χ3n) is 5.44. The third-order valence-corrected chi connectivity index (χ3v) is 5.44. The topological polar surface area (TPSA) is 77.3 Å². The molecule has 0 spiro atoms. The fourth-order valence-electron chi connectivity index (χ4n) is 3.64. The molecule has 2 aliphatic rings. The van der Waals surface area contributed by atoms with Crippen LogP contribution >= 0.6 is 0 Å². The van der Waals surface area contributed by atoms with Gasteiger partial charge in [0, 0.05) is 50.0 Å². The average molecular weight is 386 g/mol. The van der Waals surface area contributed by atoms with Gasteiger partial charge < -0.3 is 15.3 Å². The predicted molar refractivity (Wildman–Crippen MR) is 105 cm³/mol. The normalized spacial score (nSPS) is 19.1. The Balaban J connectivity index is 1.60. The predicted octanol–water partition coefficient (Wildman–Crippen LogP) is 3.32. The Morgan fingerprint density at radius 1 is 1.43 bits per heavy atom. The van der Waals surface area contributed by atoms with E-state index in [1.165, 1.54) is 12.1 Å². The van der Waals surface area contributed by atoms with E-state index in [9.17, 15) is 14.3 Å². The summed E-state index contributed by atoms with van der Waals surface area (Å²) in [6.07, 6.45) is 8.46. The Kier molecular flexibility index (Phi) is 6.30. The first kappa shape index (κ1) is 20.3. The highest BCUT2D eigenvalue weighted by Gasteiger charge is 2.39. The van der Waals surface area contributed by atoms with Crippen molar-refractivity contribution in [1.29, 1.82) is 0 Å². The smallest absolute Gasteiger partial charge is 0.220 e. The van der Waals surface area contributed by atoms with Crippen molar-refractivity contribution < 1.29 is 14.3 Å². The summed E-state index contributed by atoms with van der Waals surface area (Å²) >= 11 is 0. The Hall–Kier alpha value is -2.46. The Labute approximate surface area is 165 Å². The molecular weight excluding hydrogens is 359 g/mol. The number of nitrogens with one attached hydrogen (secondary N) is 1. The summed E-state index contributed by atoms with van der Waals surface area (Å²) in [5.41, 5.74) is 1.16. The number of carbonyl (C=O) groups excluding carboxylic acids is 1. The highest BCUT2D eigenvalue weighted by molar-refractivity contribution is 5.77. The molecule has 2 heterocycles. The fourth-order valence-corrected chi connectivity index (χ4v) is 3.64. The molecule has 28 heavy (non-hydrogen) atoms. The highest BCUT2D eigenvalue weighted by atomic mass is 19.1. The molecule has 1 aromatic rings. The van der Waals surface area contributed by atoms with E-state index in [1.54, 1.807) is 6.07 Å². The lowest BCUT2D eigenvalue weighted by Gasteiger charge is -2.34. The minimum Gasteiger partial charge on any atom is -0.393 e. The second-order valence-electron chi connectivity index (χ2n) is 7.60. The summed E-state index contributed by atoms with van der Waals surface area (Å²) in [6.45, 7) is 3.28. The molecule has 0 bridgehead atoms. The first-order valence-corrected chi connectivity index (χ1v) is 9.82. The maximum Gasteiger partial charge on any atom is 0.220 e. The number of anilines is 1. The van der Waals surface area contributed by atoms with Crippen LogP contribution in [0.1, 0.15) is 57.1 Å². The molecule has 150 valence electrons. The lowest BCUT2D eigenvalue weighted by molar-refractivity contribution is -0.122. The number of nitrogens with zero attached hydrogens (tertiary/aromatic N) is 3. The molecule has 1 aromatic carbocycles. The lowest BCUT2D eigenvalue weighted by atomic mass is 10.00. The molecule has 1 unspecified atom stereocenters. The van der Waals surface area contributed by atoms with Gasteiger partial charge in [-0.05, 0) is 38.0 Å². The third kappa shape index (κ3) is 5.08. The molecule has 1 fully saturated rings. The van der Waals surface area contributed by atoms with Crippen molar-refractivity contribution in [3.63, 3.8) is 0 Å². The molecule has 0 radical (unpaired) electrons. The van der Waals surface area contributed by atoms with Crippen LogP contribution in [0.4, 0.5) is 10.1 Å². The number of aliphatic hydroxyl groups excluding tert-OH is 1. The zero-order valence-electron chi connectivity index (χ0n) is 16.2. The molecule has 3 rings (SSSR count). The zero-order valence-corrected chi connectivity index (χ0v) is 16.2. The number of carbonyl (C=O) groups is 1. The largest absolute Gasteiger partial charge is 0.393 e. The van der Waals surface area contributed by atoms with Gasteiger partial charge in [-0.2, -0.15) is 10.2 Å². The van der Waals surface area contributed by atoms with Crippen molar-refractivity contribution in [2.45, 2.75) is 63.3 Å². The van der Waals surface area contributed by atoms with Gasteiger partial charge in [0.15, 0.2) is 5.66 Å². The quantitative estimate of drug-likeness (QED) is 0.673. The van der Waals surface area contributed by atoms with Crippen LogP contribution in [-0.4, -0.2) is 35.9 Å². The van der Waals surface area contributed by atoms with Gasteiger partial charge in [-0.1, -0.05) is 0 Å². The second kappa shape index (κ2) is 8.70. The van der Waals surface area contributed by atoms with Crippen molar-refractivity contribution in [3.05, 3.63) is 29.6 Å². The number of terminal acetylenes is 1. The van der Waals surface area contributed by atoms with E-state index in [1.807, 2.05) is 6.92 Å². The molecule has 0 aromatic heterocycles. The summed E-state index contributed by atoms with van der Waals surface area (Å²) < 4.78 is 13.9. The number of halogens is 1. The Morgan fingerprint density at radius 3 is 2.79 bits per heavy atom. The summed E-state index contributed by atoms with van der Waals surface area (Å²) in [5, 5.41) is 20.8. The van der Waals surface area contributed by atoms with Gasteiger partial charge >= 0.3 is 0 Å². The van der Waals surface area contributed by atoms with Gasteiger partial charge in [0.05, 0.1) is 12.1 Å². The van der Waals surface area contributed by atoms with Crippen molar-refractivity contribution in [3.8, 4) is 12.3 Å². The van der Waals surface area contributed by atoms with Crippen LogP contribution in [0.2, 0.25) is 0 Å². The van der Waals surface area contributed by atoms with Crippen molar-refractivity contribution in [2.75, 3.05) is 18.0 Å². The van der Waals surface area contributed by atoms with Gasteiger partial charge in [-0.3, -0.25) is 4.79 Å².